The third-order valence-corrected chi connectivity index (χ3v) is 7.06. The van der Waals surface area contributed by atoms with Crippen LogP contribution >= 0.6 is 0 Å². The van der Waals surface area contributed by atoms with Gasteiger partial charge in [-0.2, -0.15) is 0 Å². The van der Waals surface area contributed by atoms with Crippen LogP contribution in [0.5, 0.6) is 0 Å². The molecule has 3 aliphatic rings. The summed E-state index contributed by atoms with van der Waals surface area (Å²) in [6.45, 7) is 7.96. The van der Waals surface area contributed by atoms with E-state index in [-0.39, 0.29) is 18.0 Å². The van der Waals surface area contributed by atoms with E-state index in [4.69, 9.17) is 4.98 Å². The lowest BCUT2D eigenvalue weighted by molar-refractivity contribution is -0.117. The van der Waals surface area contributed by atoms with E-state index in [0.717, 1.165) is 36.7 Å². The first-order valence-corrected chi connectivity index (χ1v) is 11.6. The molecule has 1 aromatic heterocycles. The van der Waals surface area contributed by atoms with Gasteiger partial charge in [-0.15, -0.1) is 0 Å². The number of hydrogen-bond acceptors (Lipinski definition) is 4. The molecule has 2 aliphatic heterocycles. The average molecular weight is 417 g/mol. The molecule has 1 unspecified atom stereocenters. The first-order valence-electron chi connectivity index (χ1n) is 11.6. The molecule has 1 fully saturated rings. The molecular weight excluding hydrogens is 384 g/mol. The summed E-state index contributed by atoms with van der Waals surface area (Å²) < 4.78 is 0. The van der Waals surface area contributed by atoms with Crippen molar-refractivity contribution in [2.75, 3.05) is 23.3 Å². The monoisotopic (exact) mass is 416 g/mol. The Hall–Kier alpha value is -2.66. The predicted molar refractivity (Wildman–Crippen MR) is 126 cm³/mol. The highest BCUT2D eigenvalue weighted by Gasteiger charge is 2.47. The van der Waals surface area contributed by atoms with Gasteiger partial charge in [-0.1, -0.05) is 25.1 Å². The predicted octanol–water partition coefficient (Wildman–Crippen LogP) is 4.70. The van der Waals surface area contributed by atoms with Crippen LogP contribution in [0.15, 0.2) is 42.5 Å². The minimum absolute atomic E-state index is 0.118. The van der Waals surface area contributed by atoms with E-state index in [1.807, 2.05) is 19.1 Å². The number of rotatable bonds is 4. The minimum Gasteiger partial charge on any atom is -0.363 e. The molecule has 2 aromatic rings. The zero-order chi connectivity index (χ0) is 21.5. The summed E-state index contributed by atoms with van der Waals surface area (Å²) in [6, 6.07) is 13.2. The van der Waals surface area contributed by atoms with Crippen LogP contribution in [0.4, 0.5) is 11.5 Å². The molecule has 5 nitrogen and oxygen atoms in total. The highest BCUT2D eigenvalue weighted by molar-refractivity contribution is 5.94. The van der Waals surface area contributed by atoms with Gasteiger partial charge in [0.25, 0.3) is 0 Å². The smallest absolute Gasteiger partial charge is 0.224 e. The molecular formula is C26H32N4O. The van der Waals surface area contributed by atoms with Crippen molar-refractivity contribution in [1.82, 2.24) is 10.3 Å². The number of aryl methyl sites for hydroxylation is 1. The third-order valence-electron chi connectivity index (χ3n) is 7.06. The van der Waals surface area contributed by atoms with Crippen LogP contribution in [-0.2, 0) is 4.79 Å². The van der Waals surface area contributed by atoms with Crippen molar-refractivity contribution >= 4 is 23.0 Å². The van der Waals surface area contributed by atoms with Crippen LogP contribution < -0.4 is 15.5 Å². The fourth-order valence-corrected chi connectivity index (χ4v) is 5.43. The van der Waals surface area contributed by atoms with Crippen LogP contribution in [0.25, 0.3) is 5.57 Å². The molecule has 2 N–H and O–H groups in total. The SMILES string of the molecule is CC(=O)N1c2ccc(C3=CCNCC3)cc2[C@@H](Nc2cccc(C)n2)[C@H](C)C1C1CC1. The second kappa shape index (κ2) is 8.12. The van der Waals surface area contributed by atoms with E-state index >= 15 is 0 Å². The summed E-state index contributed by atoms with van der Waals surface area (Å²) in [7, 11) is 0. The van der Waals surface area contributed by atoms with Crippen LogP contribution in [0.3, 0.4) is 0 Å². The van der Waals surface area contributed by atoms with Gasteiger partial charge in [-0.25, -0.2) is 4.98 Å². The van der Waals surface area contributed by atoms with E-state index in [2.05, 4.69) is 52.8 Å². The Bertz CT molecular complexity index is 1030. The Labute approximate surface area is 184 Å². The van der Waals surface area contributed by atoms with Crippen LogP contribution in [0.2, 0.25) is 0 Å². The van der Waals surface area contributed by atoms with E-state index in [1.54, 1.807) is 6.92 Å². The number of aromatic nitrogens is 1. The van der Waals surface area contributed by atoms with Crippen molar-refractivity contribution < 1.29 is 4.79 Å². The van der Waals surface area contributed by atoms with Crippen LogP contribution in [-0.4, -0.2) is 30.0 Å². The molecule has 1 aliphatic carbocycles. The van der Waals surface area contributed by atoms with Gasteiger partial charge in [0.1, 0.15) is 5.82 Å². The molecule has 1 amide bonds. The van der Waals surface area contributed by atoms with E-state index in [1.165, 1.54) is 29.5 Å². The average Bonchev–Trinajstić information content (AvgIpc) is 3.60. The van der Waals surface area contributed by atoms with Crippen molar-refractivity contribution in [2.24, 2.45) is 11.8 Å². The van der Waals surface area contributed by atoms with Crippen molar-refractivity contribution in [2.45, 2.75) is 52.1 Å². The number of carbonyl (C=O) groups is 1. The molecule has 1 aromatic carbocycles. The molecule has 3 atom stereocenters. The summed E-state index contributed by atoms with van der Waals surface area (Å²) in [5.41, 5.74) is 5.93. The van der Waals surface area contributed by atoms with Gasteiger partial charge in [-0.3, -0.25) is 4.79 Å². The largest absolute Gasteiger partial charge is 0.363 e. The maximum absolute atomic E-state index is 12.8. The van der Waals surface area contributed by atoms with E-state index < -0.39 is 0 Å². The number of nitrogens with one attached hydrogen (secondary N) is 2. The summed E-state index contributed by atoms with van der Waals surface area (Å²) in [5, 5.41) is 7.15. The lowest BCUT2D eigenvalue weighted by Gasteiger charge is -2.46. The highest BCUT2D eigenvalue weighted by atomic mass is 16.2. The molecule has 162 valence electrons. The van der Waals surface area contributed by atoms with Crippen molar-refractivity contribution in [1.29, 1.82) is 0 Å². The van der Waals surface area contributed by atoms with Gasteiger partial charge in [0, 0.05) is 36.8 Å². The number of anilines is 2. The van der Waals surface area contributed by atoms with Crippen LogP contribution in [0, 0.1) is 18.8 Å². The van der Waals surface area contributed by atoms with E-state index in [9.17, 15) is 4.79 Å². The van der Waals surface area contributed by atoms with Crippen molar-refractivity contribution in [3.8, 4) is 0 Å². The zero-order valence-electron chi connectivity index (χ0n) is 18.7. The number of fused-ring (bicyclic) bond motifs is 1. The number of carbonyl (C=O) groups excluding carboxylic acids is 1. The second-order valence-electron chi connectivity index (χ2n) is 9.32. The Morgan fingerprint density at radius 1 is 1.23 bits per heavy atom. The maximum Gasteiger partial charge on any atom is 0.224 e. The molecule has 5 heteroatoms. The quantitative estimate of drug-likeness (QED) is 0.758. The standard InChI is InChI=1S/C26H32N4O/c1-16-5-4-6-24(28-16)29-25-17(2)26(20-7-8-20)30(18(3)31)23-10-9-21(15-22(23)25)19-11-13-27-14-12-19/h4-6,9-11,15,17,20,25-27H,7-8,12-14H2,1-3H3,(H,28,29)/t17-,25-,26?/m0/s1. The summed E-state index contributed by atoms with van der Waals surface area (Å²) >= 11 is 0. The second-order valence-corrected chi connectivity index (χ2v) is 9.32. The Balaban J connectivity index is 1.61. The van der Waals surface area contributed by atoms with Gasteiger partial charge in [0.05, 0.1) is 6.04 Å². The Kier molecular flexibility index (Phi) is 5.30. The van der Waals surface area contributed by atoms with Gasteiger partial charge in [0.2, 0.25) is 5.91 Å². The third kappa shape index (κ3) is 3.87. The first kappa shape index (κ1) is 20.3. The number of hydrogen-bond donors (Lipinski definition) is 2. The maximum atomic E-state index is 12.8. The van der Waals surface area contributed by atoms with Gasteiger partial charge >= 0.3 is 0 Å². The number of benzene rings is 1. The minimum atomic E-state index is 0.118. The lowest BCUT2D eigenvalue weighted by Crippen LogP contribution is -2.51. The number of nitrogens with zero attached hydrogens (tertiary/aromatic N) is 2. The topological polar surface area (TPSA) is 57.3 Å². The van der Waals surface area contributed by atoms with Crippen molar-refractivity contribution in [3.05, 3.63) is 59.3 Å². The number of amides is 1. The molecule has 5 rings (SSSR count). The Morgan fingerprint density at radius 3 is 2.74 bits per heavy atom. The summed E-state index contributed by atoms with van der Waals surface area (Å²) in [4.78, 5) is 19.6. The van der Waals surface area contributed by atoms with Gasteiger partial charge in [-0.05, 0) is 79.6 Å². The molecule has 0 bridgehead atoms. The van der Waals surface area contributed by atoms with Crippen LogP contribution in [0.1, 0.15) is 56.0 Å². The zero-order valence-corrected chi connectivity index (χ0v) is 18.7. The molecule has 0 spiro atoms. The normalized spacial score (nSPS) is 25.6. The van der Waals surface area contributed by atoms with E-state index in [0.29, 0.717) is 11.8 Å². The fourth-order valence-electron chi connectivity index (χ4n) is 5.43. The van der Waals surface area contributed by atoms with Crippen molar-refractivity contribution in [3.63, 3.8) is 0 Å². The molecule has 3 heterocycles. The number of pyridine rings is 1. The summed E-state index contributed by atoms with van der Waals surface area (Å²) in [6.07, 6.45) is 5.74. The summed E-state index contributed by atoms with van der Waals surface area (Å²) in [5.74, 6) is 1.93. The highest BCUT2D eigenvalue weighted by Crippen LogP contribution is 2.50. The first-order chi connectivity index (χ1) is 15.0. The molecule has 0 saturated heterocycles. The molecule has 1 saturated carbocycles. The van der Waals surface area contributed by atoms with Gasteiger partial charge < -0.3 is 15.5 Å². The van der Waals surface area contributed by atoms with Gasteiger partial charge in [0.15, 0.2) is 0 Å². The lowest BCUT2D eigenvalue weighted by atomic mass is 9.79. The Morgan fingerprint density at radius 2 is 2.06 bits per heavy atom. The fraction of sp³-hybridized carbons (Fsp3) is 0.462. The molecule has 31 heavy (non-hydrogen) atoms. The molecule has 0 radical (unpaired) electrons.